The first-order valence-corrected chi connectivity index (χ1v) is 9.20. The number of aliphatic hydroxyl groups excluding tert-OH is 1. The number of ether oxygens (including phenoxy) is 2. The lowest BCUT2D eigenvalue weighted by atomic mass is 10.1. The maximum Gasteiger partial charge on any atom is 0.119 e. The molecule has 1 unspecified atom stereocenters. The van der Waals surface area contributed by atoms with E-state index in [0.29, 0.717) is 6.61 Å². The maximum atomic E-state index is 10.1. The Morgan fingerprint density at radius 3 is 2.28 bits per heavy atom. The number of rotatable bonds is 12. The summed E-state index contributed by atoms with van der Waals surface area (Å²) >= 11 is 0. The summed E-state index contributed by atoms with van der Waals surface area (Å²) in [4.78, 5) is 0. The number of unbranched alkanes of at least 4 members (excludes halogenated alkanes) is 2. The normalized spacial score (nSPS) is 12.1. The summed E-state index contributed by atoms with van der Waals surface area (Å²) in [7, 11) is 1.71. The summed E-state index contributed by atoms with van der Waals surface area (Å²) in [5.74, 6) is 0.810. The van der Waals surface area contributed by atoms with E-state index in [4.69, 9.17) is 9.47 Å². The number of benzene rings is 2. The fourth-order valence-electron chi connectivity index (χ4n) is 2.78. The molecule has 25 heavy (non-hydrogen) atoms. The standard InChI is InChI=1S/C22H30O3/c1-24-17-16-20-12-14-22(15-13-20)25-18-21(23)11-7-3-6-10-19-8-4-2-5-9-19/h2,4-5,8-9,12-15,21,23H,3,6-7,10-11,16-18H2,1H3. The van der Waals surface area contributed by atoms with E-state index in [1.807, 2.05) is 30.3 Å². The Balaban J connectivity index is 1.55. The smallest absolute Gasteiger partial charge is 0.119 e. The van der Waals surface area contributed by atoms with Gasteiger partial charge in [-0.2, -0.15) is 0 Å². The molecule has 2 aromatic rings. The second kappa shape index (κ2) is 11.7. The molecule has 0 saturated carbocycles. The first-order valence-electron chi connectivity index (χ1n) is 9.20. The van der Waals surface area contributed by atoms with Crippen LogP contribution in [0.4, 0.5) is 0 Å². The zero-order valence-corrected chi connectivity index (χ0v) is 15.2. The van der Waals surface area contributed by atoms with Gasteiger partial charge in [0.25, 0.3) is 0 Å². The molecule has 3 heteroatoms. The lowest BCUT2D eigenvalue weighted by Crippen LogP contribution is -2.17. The third kappa shape index (κ3) is 8.19. The van der Waals surface area contributed by atoms with E-state index in [-0.39, 0.29) is 0 Å². The SMILES string of the molecule is COCCc1ccc(OCC(O)CCCCCc2ccccc2)cc1. The molecule has 0 spiro atoms. The molecule has 0 radical (unpaired) electrons. The molecule has 0 aliphatic carbocycles. The zero-order chi connectivity index (χ0) is 17.7. The molecule has 0 aromatic heterocycles. The Labute approximate surface area is 151 Å². The summed E-state index contributed by atoms with van der Waals surface area (Å²) in [5.41, 5.74) is 2.62. The molecule has 0 fully saturated rings. The van der Waals surface area contributed by atoms with Gasteiger partial charge in [-0.25, -0.2) is 0 Å². The molecular formula is C22H30O3. The topological polar surface area (TPSA) is 38.7 Å². The monoisotopic (exact) mass is 342 g/mol. The van der Waals surface area contributed by atoms with Crippen LogP contribution in [0.5, 0.6) is 5.75 Å². The van der Waals surface area contributed by atoms with E-state index in [0.717, 1.165) is 44.5 Å². The van der Waals surface area contributed by atoms with E-state index in [1.165, 1.54) is 17.5 Å². The number of methoxy groups -OCH3 is 1. The van der Waals surface area contributed by atoms with Gasteiger partial charge >= 0.3 is 0 Å². The number of aliphatic hydroxyl groups is 1. The summed E-state index contributed by atoms with van der Waals surface area (Å²) in [6.07, 6.45) is 5.75. The highest BCUT2D eigenvalue weighted by molar-refractivity contribution is 5.27. The fourth-order valence-corrected chi connectivity index (χ4v) is 2.78. The molecule has 0 saturated heterocycles. The zero-order valence-electron chi connectivity index (χ0n) is 15.2. The molecule has 1 atom stereocenters. The van der Waals surface area contributed by atoms with Gasteiger partial charge in [-0.3, -0.25) is 0 Å². The molecular weight excluding hydrogens is 312 g/mol. The molecule has 0 aliphatic heterocycles. The predicted octanol–water partition coefficient (Wildman–Crippen LogP) is 4.42. The maximum absolute atomic E-state index is 10.1. The van der Waals surface area contributed by atoms with Gasteiger partial charge in [0, 0.05) is 7.11 Å². The average Bonchev–Trinajstić information content (AvgIpc) is 2.66. The highest BCUT2D eigenvalue weighted by atomic mass is 16.5. The van der Waals surface area contributed by atoms with Gasteiger partial charge in [0.2, 0.25) is 0 Å². The molecule has 0 aliphatic rings. The second-order valence-electron chi connectivity index (χ2n) is 6.44. The van der Waals surface area contributed by atoms with Crippen LogP contribution in [0.2, 0.25) is 0 Å². The quantitative estimate of drug-likeness (QED) is 0.580. The fraction of sp³-hybridized carbons (Fsp3) is 0.455. The molecule has 136 valence electrons. The Morgan fingerprint density at radius 2 is 1.56 bits per heavy atom. The largest absolute Gasteiger partial charge is 0.491 e. The van der Waals surface area contributed by atoms with E-state index in [2.05, 4.69) is 24.3 Å². The van der Waals surface area contributed by atoms with Crippen LogP contribution in [0.1, 0.15) is 36.8 Å². The lowest BCUT2D eigenvalue weighted by Gasteiger charge is -2.12. The number of hydrogen-bond donors (Lipinski definition) is 1. The van der Waals surface area contributed by atoms with Crippen LogP contribution in [0.15, 0.2) is 54.6 Å². The predicted molar refractivity (Wildman–Crippen MR) is 102 cm³/mol. The van der Waals surface area contributed by atoms with E-state index < -0.39 is 6.10 Å². The minimum atomic E-state index is -0.398. The highest BCUT2D eigenvalue weighted by Gasteiger charge is 2.05. The lowest BCUT2D eigenvalue weighted by molar-refractivity contribution is 0.0975. The minimum Gasteiger partial charge on any atom is -0.491 e. The van der Waals surface area contributed by atoms with Gasteiger partial charge in [-0.05, 0) is 48.9 Å². The summed E-state index contributed by atoms with van der Waals surface area (Å²) in [6, 6.07) is 18.6. The summed E-state index contributed by atoms with van der Waals surface area (Å²) in [6.45, 7) is 1.08. The van der Waals surface area contributed by atoms with Gasteiger partial charge in [-0.1, -0.05) is 55.3 Å². The Kier molecular flexibility index (Phi) is 9.09. The van der Waals surface area contributed by atoms with Gasteiger partial charge in [0.1, 0.15) is 12.4 Å². The third-order valence-corrected chi connectivity index (χ3v) is 4.31. The first-order chi connectivity index (χ1) is 12.3. The van der Waals surface area contributed by atoms with E-state index >= 15 is 0 Å². The van der Waals surface area contributed by atoms with Crippen molar-refractivity contribution in [3.05, 3.63) is 65.7 Å². The summed E-state index contributed by atoms with van der Waals surface area (Å²) < 4.78 is 10.7. The van der Waals surface area contributed by atoms with Gasteiger partial charge < -0.3 is 14.6 Å². The van der Waals surface area contributed by atoms with Crippen LogP contribution in [-0.2, 0) is 17.6 Å². The molecule has 2 aromatic carbocycles. The average molecular weight is 342 g/mol. The third-order valence-electron chi connectivity index (χ3n) is 4.31. The van der Waals surface area contributed by atoms with Gasteiger partial charge in [0.05, 0.1) is 12.7 Å². The van der Waals surface area contributed by atoms with Crippen LogP contribution < -0.4 is 4.74 Å². The van der Waals surface area contributed by atoms with Crippen LogP contribution in [0.3, 0.4) is 0 Å². The second-order valence-corrected chi connectivity index (χ2v) is 6.44. The van der Waals surface area contributed by atoms with Crippen LogP contribution in [-0.4, -0.2) is 31.5 Å². The van der Waals surface area contributed by atoms with Crippen molar-refractivity contribution in [1.29, 1.82) is 0 Å². The van der Waals surface area contributed by atoms with Gasteiger partial charge in [0.15, 0.2) is 0 Å². The van der Waals surface area contributed by atoms with Crippen molar-refractivity contribution in [2.45, 2.75) is 44.6 Å². The van der Waals surface area contributed by atoms with Crippen molar-refractivity contribution in [2.75, 3.05) is 20.3 Å². The van der Waals surface area contributed by atoms with E-state index in [1.54, 1.807) is 7.11 Å². The highest BCUT2D eigenvalue weighted by Crippen LogP contribution is 2.14. The van der Waals surface area contributed by atoms with Crippen molar-refractivity contribution >= 4 is 0 Å². The minimum absolute atomic E-state index is 0.357. The van der Waals surface area contributed by atoms with Crippen molar-refractivity contribution in [1.82, 2.24) is 0 Å². The van der Waals surface area contributed by atoms with Crippen molar-refractivity contribution in [3.63, 3.8) is 0 Å². The number of aryl methyl sites for hydroxylation is 1. The van der Waals surface area contributed by atoms with Crippen molar-refractivity contribution in [2.24, 2.45) is 0 Å². The first kappa shape index (κ1) is 19.5. The Bertz CT molecular complexity index is 566. The Hall–Kier alpha value is -1.84. The van der Waals surface area contributed by atoms with Crippen molar-refractivity contribution in [3.8, 4) is 5.75 Å². The van der Waals surface area contributed by atoms with Crippen LogP contribution in [0, 0.1) is 0 Å². The van der Waals surface area contributed by atoms with Gasteiger partial charge in [-0.15, -0.1) is 0 Å². The molecule has 3 nitrogen and oxygen atoms in total. The van der Waals surface area contributed by atoms with Crippen LogP contribution in [0.25, 0.3) is 0 Å². The molecule has 2 rings (SSSR count). The molecule has 0 amide bonds. The molecule has 0 heterocycles. The van der Waals surface area contributed by atoms with Crippen LogP contribution >= 0.6 is 0 Å². The molecule has 1 N–H and O–H groups in total. The Morgan fingerprint density at radius 1 is 0.840 bits per heavy atom. The summed E-state index contributed by atoms with van der Waals surface area (Å²) in [5, 5.41) is 10.1. The number of hydrogen-bond acceptors (Lipinski definition) is 3. The molecule has 0 bridgehead atoms. The van der Waals surface area contributed by atoms with Crippen molar-refractivity contribution < 1.29 is 14.6 Å². The van der Waals surface area contributed by atoms with E-state index in [9.17, 15) is 5.11 Å².